The molecule has 6 heteroatoms. The van der Waals surface area contributed by atoms with E-state index in [4.69, 9.17) is 23.2 Å². The van der Waals surface area contributed by atoms with E-state index in [0.29, 0.717) is 10.6 Å². The number of hydrogen-bond donors (Lipinski definition) is 0. The Labute approximate surface area is 118 Å². The van der Waals surface area contributed by atoms with Crippen LogP contribution in [0, 0.1) is 5.82 Å². The van der Waals surface area contributed by atoms with Gasteiger partial charge in [0.2, 0.25) is 0 Å². The zero-order valence-electron chi connectivity index (χ0n) is 9.78. The van der Waals surface area contributed by atoms with E-state index >= 15 is 0 Å². The van der Waals surface area contributed by atoms with E-state index in [1.54, 1.807) is 12.1 Å². The number of carbonyl (C=O) groups excluding carboxylic acids is 1. The van der Waals surface area contributed by atoms with E-state index in [2.05, 4.69) is 9.72 Å². The molecule has 0 bridgehead atoms. The zero-order chi connectivity index (χ0) is 14.0. The fourth-order valence-electron chi connectivity index (χ4n) is 1.55. The molecule has 19 heavy (non-hydrogen) atoms. The summed E-state index contributed by atoms with van der Waals surface area (Å²) in [5.41, 5.74) is 0.489. The maximum absolute atomic E-state index is 14.0. The fourth-order valence-corrected chi connectivity index (χ4v) is 2.05. The number of rotatable bonds is 2. The first-order valence-corrected chi connectivity index (χ1v) is 5.98. The molecule has 0 aliphatic rings. The molecule has 0 aliphatic heterocycles. The number of aromatic nitrogens is 1. The monoisotopic (exact) mass is 299 g/mol. The first-order valence-electron chi connectivity index (χ1n) is 5.22. The SMILES string of the molecule is COC(=O)c1cnc(-c2ccc(Cl)cc2Cl)c(F)c1. The lowest BCUT2D eigenvalue weighted by Gasteiger charge is -2.06. The summed E-state index contributed by atoms with van der Waals surface area (Å²) in [5, 5.41) is 0.727. The maximum Gasteiger partial charge on any atom is 0.339 e. The lowest BCUT2D eigenvalue weighted by Crippen LogP contribution is -2.03. The molecule has 0 amide bonds. The van der Waals surface area contributed by atoms with E-state index in [9.17, 15) is 9.18 Å². The summed E-state index contributed by atoms with van der Waals surface area (Å²) in [4.78, 5) is 15.2. The number of benzene rings is 1. The lowest BCUT2D eigenvalue weighted by molar-refractivity contribution is 0.0599. The molecule has 0 aliphatic carbocycles. The highest BCUT2D eigenvalue weighted by Crippen LogP contribution is 2.30. The van der Waals surface area contributed by atoms with Crippen molar-refractivity contribution in [3.05, 3.63) is 51.9 Å². The second-order valence-corrected chi connectivity index (χ2v) is 4.51. The topological polar surface area (TPSA) is 39.2 Å². The predicted octanol–water partition coefficient (Wildman–Crippen LogP) is 3.98. The molecular formula is C13H8Cl2FNO2. The molecule has 0 fully saturated rings. The second-order valence-electron chi connectivity index (χ2n) is 3.67. The maximum atomic E-state index is 14.0. The minimum Gasteiger partial charge on any atom is -0.465 e. The van der Waals surface area contributed by atoms with E-state index in [-0.39, 0.29) is 16.3 Å². The Bertz CT molecular complexity index is 647. The molecule has 3 nitrogen and oxygen atoms in total. The van der Waals surface area contributed by atoms with Crippen molar-refractivity contribution in [2.75, 3.05) is 7.11 Å². The molecule has 98 valence electrons. The molecule has 1 aromatic carbocycles. The molecule has 0 unspecified atom stereocenters. The molecule has 0 saturated carbocycles. The van der Waals surface area contributed by atoms with Gasteiger partial charge in [-0.05, 0) is 24.3 Å². The van der Waals surface area contributed by atoms with Crippen LogP contribution in [-0.2, 0) is 4.74 Å². The molecule has 1 heterocycles. The molecule has 1 aromatic heterocycles. The summed E-state index contributed by atoms with van der Waals surface area (Å²) < 4.78 is 18.4. The summed E-state index contributed by atoms with van der Waals surface area (Å²) in [7, 11) is 1.21. The van der Waals surface area contributed by atoms with Gasteiger partial charge in [0, 0.05) is 16.8 Å². The minimum absolute atomic E-state index is 0.0360. The minimum atomic E-state index is -0.660. The molecule has 0 saturated heterocycles. The predicted molar refractivity (Wildman–Crippen MR) is 71.0 cm³/mol. The highest BCUT2D eigenvalue weighted by molar-refractivity contribution is 6.36. The van der Waals surface area contributed by atoms with Crippen LogP contribution in [0.15, 0.2) is 30.5 Å². The smallest absolute Gasteiger partial charge is 0.339 e. The van der Waals surface area contributed by atoms with E-state index in [0.717, 1.165) is 6.07 Å². The van der Waals surface area contributed by atoms with E-state index in [1.807, 2.05) is 0 Å². The normalized spacial score (nSPS) is 10.3. The number of ether oxygens (including phenoxy) is 1. The van der Waals surface area contributed by atoms with Gasteiger partial charge in [-0.1, -0.05) is 23.2 Å². The molecule has 2 rings (SSSR count). The first kappa shape index (κ1) is 13.8. The van der Waals surface area contributed by atoms with Gasteiger partial charge in [0.15, 0.2) is 0 Å². The lowest BCUT2D eigenvalue weighted by atomic mass is 10.1. The highest BCUT2D eigenvalue weighted by Gasteiger charge is 2.14. The summed E-state index contributed by atoms with van der Waals surface area (Å²) in [6.07, 6.45) is 1.23. The van der Waals surface area contributed by atoms with Gasteiger partial charge >= 0.3 is 5.97 Å². The quantitative estimate of drug-likeness (QED) is 0.787. The van der Waals surface area contributed by atoms with Gasteiger partial charge in [0.25, 0.3) is 0 Å². The number of halogens is 3. The van der Waals surface area contributed by atoms with Crippen molar-refractivity contribution in [3.63, 3.8) is 0 Å². The third kappa shape index (κ3) is 2.85. The van der Waals surface area contributed by atoms with Crippen molar-refractivity contribution in [2.45, 2.75) is 0 Å². The van der Waals surface area contributed by atoms with Crippen molar-refractivity contribution in [1.82, 2.24) is 4.98 Å². The third-order valence-electron chi connectivity index (χ3n) is 2.45. The summed E-state index contributed by atoms with van der Waals surface area (Å²) >= 11 is 11.8. The first-order chi connectivity index (χ1) is 9.02. The van der Waals surface area contributed by atoms with Crippen LogP contribution in [0.3, 0.4) is 0 Å². The van der Waals surface area contributed by atoms with Gasteiger partial charge in [-0.2, -0.15) is 0 Å². The van der Waals surface area contributed by atoms with Crippen LogP contribution in [0.2, 0.25) is 10.0 Å². The number of esters is 1. The summed E-state index contributed by atoms with van der Waals surface area (Å²) in [6, 6.07) is 5.69. The van der Waals surface area contributed by atoms with Crippen molar-refractivity contribution in [2.24, 2.45) is 0 Å². The van der Waals surface area contributed by atoms with Crippen LogP contribution < -0.4 is 0 Å². The van der Waals surface area contributed by atoms with Crippen molar-refractivity contribution in [3.8, 4) is 11.3 Å². The molecule has 0 N–H and O–H groups in total. The van der Waals surface area contributed by atoms with Crippen LogP contribution in [0.4, 0.5) is 4.39 Å². The summed E-state index contributed by atoms with van der Waals surface area (Å²) in [5.74, 6) is -1.31. The summed E-state index contributed by atoms with van der Waals surface area (Å²) in [6.45, 7) is 0. The number of hydrogen-bond acceptors (Lipinski definition) is 3. The molecule has 0 atom stereocenters. The van der Waals surface area contributed by atoms with Crippen LogP contribution in [0.5, 0.6) is 0 Å². The van der Waals surface area contributed by atoms with Gasteiger partial charge in [0.05, 0.1) is 17.7 Å². The molecule has 0 radical (unpaired) electrons. The van der Waals surface area contributed by atoms with Crippen molar-refractivity contribution in [1.29, 1.82) is 0 Å². The average Bonchev–Trinajstić information content (AvgIpc) is 2.38. The number of pyridine rings is 1. The number of carbonyl (C=O) groups is 1. The Morgan fingerprint density at radius 2 is 2.05 bits per heavy atom. The van der Waals surface area contributed by atoms with Crippen molar-refractivity contribution >= 4 is 29.2 Å². The standard InChI is InChI=1S/C13H8Cl2FNO2/c1-19-13(18)7-4-11(16)12(17-6-7)9-3-2-8(14)5-10(9)15/h2-6H,1H3. The van der Waals surface area contributed by atoms with Crippen LogP contribution in [-0.4, -0.2) is 18.1 Å². The van der Waals surface area contributed by atoms with Gasteiger partial charge < -0.3 is 4.74 Å². The Morgan fingerprint density at radius 1 is 1.32 bits per heavy atom. The van der Waals surface area contributed by atoms with E-state index < -0.39 is 11.8 Å². The van der Waals surface area contributed by atoms with Gasteiger partial charge in [-0.3, -0.25) is 4.98 Å². The Kier molecular flexibility index (Phi) is 4.02. The Hall–Kier alpha value is -1.65. The van der Waals surface area contributed by atoms with Crippen LogP contribution in [0.25, 0.3) is 11.3 Å². The van der Waals surface area contributed by atoms with Crippen LogP contribution >= 0.6 is 23.2 Å². The number of methoxy groups -OCH3 is 1. The molecule has 0 spiro atoms. The Balaban J connectivity index is 2.49. The molecular weight excluding hydrogens is 292 g/mol. The number of nitrogens with zero attached hydrogens (tertiary/aromatic N) is 1. The van der Waals surface area contributed by atoms with Gasteiger partial charge in [-0.25, -0.2) is 9.18 Å². The third-order valence-corrected chi connectivity index (χ3v) is 3.00. The van der Waals surface area contributed by atoms with Gasteiger partial charge in [0.1, 0.15) is 11.5 Å². The molecule has 2 aromatic rings. The highest BCUT2D eigenvalue weighted by atomic mass is 35.5. The fraction of sp³-hybridized carbons (Fsp3) is 0.0769. The van der Waals surface area contributed by atoms with Crippen molar-refractivity contribution < 1.29 is 13.9 Å². The average molecular weight is 300 g/mol. The zero-order valence-corrected chi connectivity index (χ0v) is 11.3. The largest absolute Gasteiger partial charge is 0.465 e. The van der Waals surface area contributed by atoms with E-state index in [1.165, 1.54) is 19.4 Å². The Morgan fingerprint density at radius 3 is 2.63 bits per heavy atom. The van der Waals surface area contributed by atoms with Crippen LogP contribution in [0.1, 0.15) is 10.4 Å². The second kappa shape index (κ2) is 5.55. The van der Waals surface area contributed by atoms with Gasteiger partial charge in [-0.15, -0.1) is 0 Å².